The third kappa shape index (κ3) is 4.76. The third-order valence-electron chi connectivity index (χ3n) is 4.92. The molecule has 0 atom stereocenters. The third-order valence-corrected chi connectivity index (χ3v) is 6.04. The van der Waals surface area contributed by atoms with Crippen molar-refractivity contribution in [1.29, 1.82) is 0 Å². The number of carbonyl (C=O) groups excluding carboxylic acids is 2. The number of benzene rings is 2. The largest absolute Gasteiger partial charge is 0.325 e. The molecule has 0 unspecified atom stereocenters. The molecule has 1 N–H and O–H groups in total. The first-order valence-electron chi connectivity index (χ1n) is 9.41. The molecule has 154 valence electrons. The van der Waals surface area contributed by atoms with Crippen LogP contribution in [0.25, 0.3) is 0 Å². The van der Waals surface area contributed by atoms with E-state index < -0.39 is 15.9 Å². The summed E-state index contributed by atoms with van der Waals surface area (Å²) in [6.07, 6.45) is 2.48. The standard InChI is InChI=1S/C21H25N3O4S/c1-15-7-4-5-8-19(15)24(29(3,27)28)14-20(25)22-17-10-11-18(16(2)13-17)23-12-6-9-21(23)26/h4-5,7-8,10-11,13H,6,9,12,14H2,1-3H3,(H,22,25). The van der Waals surface area contributed by atoms with Crippen LogP contribution in [0.1, 0.15) is 24.0 Å². The van der Waals surface area contributed by atoms with E-state index in [-0.39, 0.29) is 12.5 Å². The number of sulfonamides is 1. The van der Waals surface area contributed by atoms with E-state index in [2.05, 4.69) is 5.32 Å². The van der Waals surface area contributed by atoms with E-state index in [0.29, 0.717) is 24.3 Å². The zero-order chi connectivity index (χ0) is 21.2. The van der Waals surface area contributed by atoms with E-state index in [0.717, 1.165) is 33.8 Å². The van der Waals surface area contributed by atoms with Crippen molar-refractivity contribution in [1.82, 2.24) is 0 Å². The molecule has 0 spiro atoms. The molecule has 0 saturated carbocycles. The molecular weight excluding hydrogens is 390 g/mol. The monoisotopic (exact) mass is 415 g/mol. The molecule has 8 heteroatoms. The fourth-order valence-electron chi connectivity index (χ4n) is 3.49. The summed E-state index contributed by atoms with van der Waals surface area (Å²) < 4.78 is 25.6. The van der Waals surface area contributed by atoms with Gasteiger partial charge in [0.1, 0.15) is 6.54 Å². The Morgan fingerprint density at radius 2 is 1.86 bits per heavy atom. The lowest BCUT2D eigenvalue weighted by molar-refractivity contribution is -0.117. The molecule has 7 nitrogen and oxygen atoms in total. The number of nitrogens with zero attached hydrogens (tertiary/aromatic N) is 2. The van der Waals surface area contributed by atoms with Gasteiger partial charge >= 0.3 is 0 Å². The van der Waals surface area contributed by atoms with Crippen molar-refractivity contribution in [3.8, 4) is 0 Å². The van der Waals surface area contributed by atoms with E-state index in [9.17, 15) is 18.0 Å². The van der Waals surface area contributed by atoms with Gasteiger partial charge in [-0.1, -0.05) is 18.2 Å². The normalized spacial score (nSPS) is 14.2. The predicted molar refractivity (Wildman–Crippen MR) is 115 cm³/mol. The molecule has 1 saturated heterocycles. The zero-order valence-corrected chi connectivity index (χ0v) is 17.6. The molecule has 29 heavy (non-hydrogen) atoms. The van der Waals surface area contributed by atoms with Gasteiger partial charge in [-0.15, -0.1) is 0 Å². The van der Waals surface area contributed by atoms with Crippen LogP contribution in [0.3, 0.4) is 0 Å². The van der Waals surface area contributed by atoms with Crippen molar-refractivity contribution >= 4 is 38.9 Å². The molecule has 1 fully saturated rings. The second kappa shape index (κ2) is 8.24. The van der Waals surface area contributed by atoms with Crippen LogP contribution in [0.2, 0.25) is 0 Å². The first-order valence-corrected chi connectivity index (χ1v) is 11.3. The van der Waals surface area contributed by atoms with Gasteiger partial charge in [0, 0.05) is 24.3 Å². The molecule has 1 aliphatic rings. The predicted octanol–water partition coefficient (Wildman–Crippen LogP) is 2.83. The van der Waals surface area contributed by atoms with Gasteiger partial charge in [0.15, 0.2) is 0 Å². The SMILES string of the molecule is Cc1cc(NC(=O)CN(c2ccccc2C)S(C)(=O)=O)ccc1N1CCCC1=O. The summed E-state index contributed by atoms with van der Waals surface area (Å²) in [6.45, 7) is 4.06. The van der Waals surface area contributed by atoms with Crippen LogP contribution in [0.15, 0.2) is 42.5 Å². The Bertz CT molecular complexity index is 1050. The Balaban J connectivity index is 1.76. The van der Waals surface area contributed by atoms with Gasteiger partial charge in [0.05, 0.1) is 11.9 Å². The number of hydrogen-bond donors (Lipinski definition) is 1. The average Bonchev–Trinajstić information content (AvgIpc) is 3.05. The number of aryl methyl sites for hydroxylation is 2. The highest BCUT2D eigenvalue weighted by atomic mass is 32.2. The number of rotatable bonds is 6. The Morgan fingerprint density at radius 1 is 1.14 bits per heavy atom. The smallest absolute Gasteiger partial charge is 0.245 e. The summed E-state index contributed by atoms with van der Waals surface area (Å²) in [7, 11) is -3.63. The lowest BCUT2D eigenvalue weighted by Gasteiger charge is -2.24. The van der Waals surface area contributed by atoms with Crippen LogP contribution in [-0.4, -0.2) is 39.6 Å². The number of hydrogen-bond acceptors (Lipinski definition) is 4. The maximum Gasteiger partial charge on any atom is 0.245 e. The number of amides is 2. The Hall–Kier alpha value is -2.87. The van der Waals surface area contributed by atoms with Crippen LogP contribution >= 0.6 is 0 Å². The first-order chi connectivity index (χ1) is 13.7. The molecule has 0 aliphatic carbocycles. The molecule has 0 bridgehead atoms. The quantitative estimate of drug-likeness (QED) is 0.786. The van der Waals surface area contributed by atoms with Gasteiger partial charge in [-0.25, -0.2) is 8.42 Å². The van der Waals surface area contributed by atoms with E-state index in [4.69, 9.17) is 0 Å². The molecule has 0 aromatic heterocycles. The maximum absolute atomic E-state index is 12.6. The molecule has 2 aromatic carbocycles. The second-order valence-corrected chi connectivity index (χ2v) is 9.16. The summed E-state index contributed by atoms with van der Waals surface area (Å²) in [6, 6.07) is 12.4. The van der Waals surface area contributed by atoms with E-state index in [1.807, 2.05) is 19.1 Å². The topological polar surface area (TPSA) is 86.8 Å². The summed E-state index contributed by atoms with van der Waals surface area (Å²) in [5.74, 6) is -0.338. The molecular formula is C21H25N3O4S. The molecule has 0 radical (unpaired) electrons. The summed E-state index contributed by atoms with van der Waals surface area (Å²) in [5.41, 5.74) is 3.51. The van der Waals surface area contributed by atoms with Gasteiger partial charge in [0.2, 0.25) is 21.8 Å². The fraction of sp³-hybridized carbons (Fsp3) is 0.333. The molecule has 2 amide bonds. The highest BCUT2D eigenvalue weighted by Gasteiger charge is 2.24. The number of anilines is 3. The fourth-order valence-corrected chi connectivity index (χ4v) is 4.41. The number of nitrogens with one attached hydrogen (secondary N) is 1. The maximum atomic E-state index is 12.6. The zero-order valence-electron chi connectivity index (χ0n) is 16.8. The van der Waals surface area contributed by atoms with Crippen LogP contribution in [0, 0.1) is 13.8 Å². The number of para-hydroxylation sites is 1. The highest BCUT2D eigenvalue weighted by molar-refractivity contribution is 7.92. The summed E-state index contributed by atoms with van der Waals surface area (Å²) in [4.78, 5) is 26.3. The molecule has 3 rings (SSSR count). The van der Waals surface area contributed by atoms with E-state index in [1.165, 1.54) is 0 Å². The number of carbonyl (C=O) groups is 2. The Kier molecular flexibility index (Phi) is 5.93. The summed E-state index contributed by atoms with van der Waals surface area (Å²) in [5, 5.41) is 2.76. The van der Waals surface area contributed by atoms with Gasteiger partial charge in [-0.2, -0.15) is 0 Å². The lowest BCUT2D eigenvalue weighted by atomic mass is 10.1. The lowest BCUT2D eigenvalue weighted by Crippen LogP contribution is -2.37. The minimum atomic E-state index is -3.63. The van der Waals surface area contributed by atoms with Crippen molar-refractivity contribution in [3.05, 3.63) is 53.6 Å². The van der Waals surface area contributed by atoms with Crippen molar-refractivity contribution < 1.29 is 18.0 Å². The van der Waals surface area contributed by atoms with Crippen molar-refractivity contribution in [3.63, 3.8) is 0 Å². The van der Waals surface area contributed by atoms with Crippen LogP contribution in [0.5, 0.6) is 0 Å². The minimum absolute atomic E-state index is 0.104. The first kappa shape index (κ1) is 20.9. The average molecular weight is 416 g/mol. The van der Waals surface area contributed by atoms with Crippen molar-refractivity contribution in [2.24, 2.45) is 0 Å². The summed E-state index contributed by atoms with van der Waals surface area (Å²) >= 11 is 0. The van der Waals surface area contributed by atoms with Crippen molar-refractivity contribution in [2.75, 3.05) is 33.9 Å². The molecule has 2 aromatic rings. The van der Waals surface area contributed by atoms with Gasteiger partial charge in [-0.05, 0) is 55.7 Å². The van der Waals surface area contributed by atoms with Crippen LogP contribution < -0.4 is 14.5 Å². The van der Waals surface area contributed by atoms with Gasteiger partial charge in [0.25, 0.3) is 0 Å². The van der Waals surface area contributed by atoms with Gasteiger partial charge in [-0.3, -0.25) is 13.9 Å². The van der Waals surface area contributed by atoms with Crippen LogP contribution in [0.4, 0.5) is 17.1 Å². The molecule has 1 aliphatic heterocycles. The van der Waals surface area contributed by atoms with E-state index >= 15 is 0 Å². The minimum Gasteiger partial charge on any atom is -0.325 e. The van der Waals surface area contributed by atoms with Gasteiger partial charge < -0.3 is 10.2 Å². The van der Waals surface area contributed by atoms with Crippen LogP contribution in [-0.2, 0) is 19.6 Å². The second-order valence-electron chi connectivity index (χ2n) is 7.25. The Labute approximate surface area is 171 Å². The van der Waals surface area contributed by atoms with Crippen molar-refractivity contribution in [2.45, 2.75) is 26.7 Å². The Morgan fingerprint density at radius 3 is 2.45 bits per heavy atom. The van der Waals surface area contributed by atoms with E-state index in [1.54, 1.807) is 42.2 Å². The highest BCUT2D eigenvalue weighted by Crippen LogP contribution is 2.28. The molecule has 1 heterocycles.